The molecule has 1 aliphatic carbocycles. The number of primary amides is 1. The van der Waals surface area contributed by atoms with Crippen molar-refractivity contribution in [2.24, 2.45) is 5.73 Å². The highest BCUT2D eigenvalue weighted by Crippen LogP contribution is 2.34. The van der Waals surface area contributed by atoms with E-state index in [1.165, 1.54) is 0 Å². The molecule has 0 aliphatic heterocycles. The first kappa shape index (κ1) is 33.1. The zero-order valence-corrected chi connectivity index (χ0v) is 25.7. The largest absolute Gasteiger partial charge is 0.444 e. The fourth-order valence-corrected chi connectivity index (χ4v) is 4.99. The number of benzene rings is 1. The molecule has 1 aromatic carbocycles. The van der Waals surface area contributed by atoms with Crippen molar-refractivity contribution in [1.82, 2.24) is 15.5 Å². The summed E-state index contributed by atoms with van der Waals surface area (Å²) in [6.07, 6.45) is 4.69. The lowest BCUT2D eigenvalue weighted by Crippen LogP contribution is -2.60. The lowest BCUT2D eigenvalue weighted by molar-refractivity contribution is -0.150. The lowest BCUT2D eigenvalue weighted by Gasteiger charge is -2.45. The predicted molar refractivity (Wildman–Crippen MR) is 156 cm³/mol. The molecule has 1 aromatic rings. The molecule has 0 spiro atoms. The number of rotatable bonds is 11. The van der Waals surface area contributed by atoms with E-state index in [0.29, 0.717) is 12.0 Å². The first-order chi connectivity index (χ1) is 18.6. The first-order valence-electron chi connectivity index (χ1n) is 14.5. The highest BCUT2D eigenvalue weighted by Gasteiger charge is 2.43. The summed E-state index contributed by atoms with van der Waals surface area (Å²) in [4.78, 5) is 54.6. The zero-order valence-electron chi connectivity index (χ0n) is 25.7. The average molecular weight is 559 g/mol. The summed E-state index contributed by atoms with van der Waals surface area (Å²) >= 11 is 0. The lowest BCUT2D eigenvalue weighted by atomic mass is 9.89. The molecule has 4 N–H and O–H groups in total. The number of ether oxygens (including phenoxy) is 1. The molecule has 2 unspecified atom stereocenters. The van der Waals surface area contributed by atoms with Crippen LogP contribution in [0.25, 0.3) is 0 Å². The molecule has 0 heterocycles. The van der Waals surface area contributed by atoms with Crippen molar-refractivity contribution in [2.75, 3.05) is 0 Å². The third kappa shape index (κ3) is 9.52. The highest BCUT2D eigenvalue weighted by molar-refractivity contribution is 5.93. The van der Waals surface area contributed by atoms with E-state index in [2.05, 4.69) is 10.6 Å². The van der Waals surface area contributed by atoms with Gasteiger partial charge in [-0.25, -0.2) is 4.79 Å². The number of carbonyl (C=O) groups excluding carboxylic acids is 4. The number of hydrogen-bond donors (Lipinski definition) is 3. The number of carbonyl (C=O) groups is 4. The summed E-state index contributed by atoms with van der Waals surface area (Å²) in [5.41, 5.74) is 6.64. The van der Waals surface area contributed by atoms with Gasteiger partial charge < -0.3 is 26.0 Å². The van der Waals surface area contributed by atoms with Gasteiger partial charge in [-0.3, -0.25) is 14.4 Å². The Morgan fingerprint density at radius 1 is 1.02 bits per heavy atom. The van der Waals surface area contributed by atoms with E-state index in [1.54, 1.807) is 25.7 Å². The van der Waals surface area contributed by atoms with Gasteiger partial charge in [0.25, 0.3) is 0 Å². The Bertz CT molecular complexity index is 1060. The number of nitrogens with one attached hydrogen (secondary N) is 2. The fourth-order valence-electron chi connectivity index (χ4n) is 4.99. The van der Waals surface area contributed by atoms with Gasteiger partial charge in [-0.2, -0.15) is 0 Å². The first-order valence-corrected chi connectivity index (χ1v) is 14.5. The van der Waals surface area contributed by atoms with Crippen LogP contribution in [0.5, 0.6) is 0 Å². The van der Waals surface area contributed by atoms with Gasteiger partial charge in [-0.15, -0.1) is 0 Å². The number of nitrogens with zero attached hydrogens (tertiary/aromatic N) is 1. The number of nitrogens with two attached hydrogens (primary N) is 1. The number of aryl methyl sites for hydroxylation is 2. The second-order valence-corrected chi connectivity index (χ2v) is 12.7. The van der Waals surface area contributed by atoms with Gasteiger partial charge in [0.15, 0.2) is 0 Å². The summed E-state index contributed by atoms with van der Waals surface area (Å²) < 4.78 is 5.42. The second kappa shape index (κ2) is 14.0. The molecule has 0 bridgehead atoms. The summed E-state index contributed by atoms with van der Waals surface area (Å²) in [7, 11) is 0. The Kier molecular flexibility index (Phi) is 11.6. The molecule has 224 valence electrons. The van der Waals surface area contributed by atoms with E-state index in [0.717, 1.165) is 43.2 Å². The van der Waals surface area contributed by atoms with Gasteiger partial charge in [0, 0.05) is 18.0 Å². The van der Waals surface area contributed by atoms with E-state index in [9.17, 15) is 19.2 Å². The third-order valence-corrected chi connectivity index (χ3v) is 7.73. The molecule has 1 fully saturated rings. The fraction of sp³-hybridized carbons (Fsp3) is 0.677. The van der Waals surface area contributed by atoms with Crippen LogP contribution in [0, 0.1) is 13.8 Å². The smallest absolute Gasteiger partial charge is 0.408 e. The molecule has 4 amide bonds. The average Bonchev–Trinajstić information content (AvgIpc) is 2.85. The monoisotopic (exact) mass is 558 g/mol. The molecular weight excluding hydrogens is 508 g/mol. The predicted octanol–water partition coefficient (Wildman–Crippen LogP) is 4.97. The third-order valence-electron chi connectivity index (χ3n) is 7.73. The topological polar surface area (TPSA) is 131 Å². The Balaban J connectivity index is 2.60. The van der Waals surface area contributed by atoms with Crippen LogP contribution >= 0.6 is 0 Å². The summed E-state index contributed by atoms with van der Waals surface area (Å²) in [6, 6.07) is 3.77. The van der Waals surface area contributed by atoms with Gasteiger partial charge in [0.1, 0.15) is 17.7 Å². The van der Waals surface area contributed by atoms with Crippen LogP contribution in [-0.2, 0) is 19.1 Å². The highest BCUT2D eigenvalue weighted by atomic mass is 16.6. The van der Waals surface area contributed by atoms with Crippen molar-refractivity contribution in [1.29, 1.82) is 0 Å². The standard InChI is InChI=1S/C31H50N4O5/c1-9-31(7,8)35(28(38)24(17-18-25(32)36)34-29(39)40-30(4,5)6)26(22-16-15-20(2)21(3)19-22)27(37)33-23-13-11-10-12-14-23/h15-16,19,23-24,26H,9-14,17-18H2,1-8H3,(H2,32,36)(H,33,37)(H,34,39). The molecule has 1 saturated carbocycles. The SMILES string of the molecule is CCC(C)(C)N(C(=O)C(CCC(N)=O)NC(=O)OC(C)(C)C)C(C(=O)NC1CCCCC1)c1ccc(C)c(C)c1. The van der Waals surface area contributed by atoms with E-state index in [-0.39, 0.29) is 24.8 Å². The molecule has 0 radical (unpaired) electrons. The van der Waals surface area contributed by atoms with Crippen LogP contribution in [0.3, 0.4) is 0 Å². The van der Waals surface area contributed by atoms with E-state index in [1.807, 2.05) is 52.8 Å². The van der Waals surface area contributed by atoms with E-state index < -0.39 is 41.1 Å². The summed E-state index contributed by atoms with van der Waals surface area (Å²) in [6.45, 7) is 14.9. The molecule has 40 heavy (non-hydrogen) atoms. The van der Waals surface area contributed by atoms with Crippen molar-refractivity contribution in [3.8, 4) is 0 Å². The van der Waals surface area contributed by atoms with Crippen LogP contribution in [0.4, 0.5) is 4.79 Å². The van der Waals surface area contributed by atoms with Gasteiger partial charge in [0.05, 0.1) is 0 Å². The Morgan fingerprint density at radius 3 is 2.17 bits per heavy atom. The van der Waals surface area contributed by atoms with Gasteiger partial charge in [0.2, 0.25) is 17.7 Å². The minimum absolute atomic E-state index is 0.0202. The molecule has 1 aliphatic rings. The van der Waals surface area contributed by atoms with Gasteiger partial charge >= 0.3 is 6.09 Å². The van der Waals surface area contributed by atoms with Crippen molar-refractivity contribution < 1.29 is 23.9 Å². The van der Waals surface area contributed by atoms with Gasteiger partial charge in [-0.1, -0.05) is 44.4 Å². The minimum atomic E-state index is -1.12. The van der Waals surface area contributed by atoms with Crippen molar-refractivity contribution >= 4 is 23.8 Å². The molecule has 9 heteroatoms. The normalized spacial score (nSPS) is 16.0. The maximum atomic E-state index is 14.4. The van der Waals surface area contributed by atoms with Crippen molar-refractivity contribution in [3.05, 3.63) is 34.9 Å². The van der Waals surface area contributed by atoms with Crippen molar-refractivity contribution in [3.63, 3.8) is 0 Å². The van der Waals surface area contributed by atoms with Crippen LogP contribution in [0.15, 0.2) is 18.2 Å². The molecule has 0 aromatic heterocycles. The van der Waals surface area contributed by atoms with Crippen LogP contribution in [0.1, 0.15) is 116 Å². The van der Waals surface area contributed by atoms with Crippen LogP contribution in [-0.4, -0.2) is 51.9 Å². The molecule has 0 saturated heterocycles. The number of alkyl carbamates (subject to hydrolysis) is 1. The summed E-state index contributed by atoms with van der Waals surface area (Å²) in [5, 5.41) is 5.89. The maximum Gasteiger partial charge on any atom is 0.408 e. The maximum absolute atomic E-state index is 14.4. The molecule has 9 nitrogen and oxygen atoms in total. The molecule has 2 atom stereocenters. The zero-order chi connectivity index (χ0) is 30.3. The van der Waals surface area contributed by atoms with E-state index in [4.69, 9.17) is 10.5 Å². The molecule has 2 rings (SSSR count). The second-order valence-electron chi connectivity index (χ2n) is 12.7. The Morgan fingerprint density at radius 2 is 1.65 bits per heavy atom. The number of hydrogen-bond acceptors (Lipinski definition) is 5. The Labute approximate surface area is 240 Å². The quantitative estimate of drug-likeness (QED) is 0.353. The molecular formula is C31H50N4O5. The van der Waals surface area contributed by atoms with E-state index >= 15 is 0 Å². The summed E-state index contributed by atoms with van der Waals surface area (Å²) in [5.74, 6) is -1.32. The van der Waals surface area contributed by atoms with Gasteiger partial charge in [-0.05, 0) is 90.8 Å². The Hall–Kier alpha value is -3.10. The van der Waals surface area contributed by atoms with Crippen LogP contribution < -0.4 is 16.4 Å². The van der Waals surface area contributed by atoms with Crippen LogP contribution in [0.2, 0.25) is 0 Å². The number of amides is 4. The minimum Gasteiger partial charge on any atom is -0.444 e. The van der Waals surface area contributed by atoms with Crippen molar-refractivity contribution in [2.45, 2.75) is 136 Å².